The molecule has 32 heavy (non-hydrogen) atoms. The van der Waals surface area contributed by atoms with Crippen LogP contribution in [0.25, 0.3) is 0 Å². The molecule has 1 aliphatic heterocycles. The number of methoxy groups -OCH3 is 1. The van der Waals surface area contributed by atoms with E-state index in [-0.39, 0.29) is 23.5 Å². The van der Waals surface area contributed by atoms with Gasteiger partial charge in [-0.3, -0.25) is 9.59 Å². The molecule has 1 atom stereocenters. The van der Waals surface area contributed by atoms with Gasteiger partial charge in [0.05, 0.1) is 18.7 Å². The van der Waals surface area contributed by atoms with Crippen LogP contribution in [0.2, 0.25) is 0 Å². The van der Waals surface area contributed by atoms with Gasteiger partial charge in [-0.25, -0.2) is 0 Å². The van der Waals surface area contributed by atoms with Gasteiger partial charge in [0.15, 0.2) is 23.0 Å². The Morgan fingerprint density at radius 1 is 1.12 bits per heavy atom. The number of aromatic hydroxyl groups is 1. The van der Waals surface area contributed by atoms with Crippen molar-refractivity contribution in [1.29, 1.82) is 0 Å². The second-order valence-corrected chi connectivity index (χ2v) is 8.16. The lowest BCUT2D eigenvalue weighted by Gasteiger charge is -2.27. The number of ketones is 1. The first-order chi connectivity index (χ1) is 15.3. The first kappa shape index (κ1) is 23.3. The molecule has 1 aliphatic rings. The van der Waals surface area contributed by atoms with Gasteiger partial charge in [-0.05, 0) is 56.7 Å². The molecular weight excluding hydrogens is 408 g/mol. The number of aliphatic hydroxyl groups excluding tert-OH is 1. The molecule has 0 saturated carbocycles. The van der Waals surface area contributed by atoms with Crippen molar-refractivity contribution >= 4 is 11.7 Å². The van der Waals surface area contributed by atoms with Gasteiger partial charge in [-0.15, -0.1) is 0 Å². The molecule has 1 unspecified atom stereocenters. The van der Waals surface area contributed by atoms with E-state index in [0.29, 0.717) is 30.7 Å². The maximum Gasteiger partial charge on any atom is 0.290 e. The fourth-order valence-corrected chi connectivity index (χ4v) is 3.99. The normalized spacial score (nSPS) is 16.2. The van der Waals surface area contributed by atoms with E-state index in [1.807, 2.05) is 49.3 Å². The van der Waals surface area contributed by atoms with Crippen molar-refractivity contribution in [3.05, 3.63) is 71.0 Å². The number of carbonyl (C=O) groups is 2. The predicted molar refractivity (Wildman–Crippen MR) is 122 cm³/mol. The number of ether oxygens (including phenoxy) is 1. The van der Waals surface area contributed by atoms with E-state index < -0.39 is 17.7 Å². The standard InChI is InChI=1S/C25H30N2O5/c1-26(2)14-7-15-27-23(18-11-13-21(32-3)20(29)16-18)22(24(30)25(27)31)19(28)12-10-17-8-5-4-6-9-17/h4-6,8-9,11,13,16,23,29-30H,7,10,12,14-15H2,1-3H3. The van der Waals surface area contributed by atoms with Crippen molar-refractivity contribution in [2.24, 2.45) is 0 Å². The summed E-state index contributed by atoms with van der Waals surface area (Å²) >= 11 is 0. The maximum atomic E-state index is 13.2. The van der Waals surface area contributed by atoms with E-state index in [1.54, 1.807) is 12.1 Å². The summed E-state index contributed by atoms with van der Waals surface area (Å²) in [7, 11) is 5.34. The number of aliphatic hydroxyl groups is 1. The Hall–Kier alpha value is -3.32. The van der Waals surface area contributed by atoms with Crippen molar-refractivity contribution in [1.82, 2.24) is 9.80 Å². The van der Waals surface area contributed by atoms with Crippen LogP contribution in [-0.2, 0) is 16.0 Å². The topological polar surface area (TPSA) is 90.3 Å². The molecule has 2 aromatic carbocycles. The highest BCUT2D eigenvalue weighted by Gasteiger charge is 2.43. The van der Waals surface area contributed by atoms with Crippen LogP contribution in [0.3, 0.4) is 0 Å². The number of rotatable bonds is 10. The molecule has 0 aromatic heterocycles. The number of aryl methyl sites for hydroxylation is 1. The zero-order valence-corrected chi connectivity index (χ0v) is 18.7. The molecule has 0 aliphatic carbocycles. The molecule has 0 fully saturated rings. The largest absolute Gasteiger partial charge is 0.504 e. The molecule has 1 amide bonds. The zero-order valence-electron chi connectivity index (χ0n) is 18.7. The quantitative estimate of drug-likeness (QED) is 0.592. The van der Waals surface area contributed by atoms with Gasteiger partial charge < -0.3 is 24.7 Å². The summed E-state index contributed by atoms with van der Waals surface area (Å²) in [6, 6.07) is 13.6. The van der Waals surface area contributed by atoms with E-state index in [9.17, 15) is 19.8 Å². The highest BCUT2D eigenvalue weighted by Crippen LogP contribution is 2.41. The first-order valence-electron chi connectivity index (χ1n) is 10.7. The molecule has 2 N–H and O–H groups in total. The Balaban J connectivity index is 1.91. The summed E-state index contributed by atoms with van der Waals surface area (Å²) < 4.78 is 5.12. The van der Waals surface area contributed by atoms with Gasteiger partial charge in [-0.2, -0.15) is 0 Å². The molecular formula is C25H30N2O5. The Morgan fingerprint density at radius 2 is 1.84 bits per heavy atom. The summed E-state index contributed by atoms with van der Waals surface area (Å²) in [6.45, 7) is 1.12. The highest BCUT2D eigenvalue weighted by molar-refractivity contribution is 6.09. The molecule has 3 rings (SSSR count). The number of hydrogen-bond donors (Lipinski definition) is 2. The predicted octanol–water partition coefficient (Wildman–Crippen LogP) is 3.25. The number of Topliss-reactive ketones (excluding diaryl/α,β-unsaturated/α-hetero) is 1. The SMILES string of the molecule is COc1ccc(C2C(C(=O)CCc3ccccc3)=C(O)C(=O)N2CCCN(C)C)cc1O. The van der Waals surface area contributed by atoms with Crippen LogP contribution < -0.4 is 4.74 Å². The number of phenols is 1. The third-order valence-corrected chi connectivity index (χ3v) is 5.61. The van der Waals surface area contributed by atoms with Gasteiger partial charge in [0.2, 0.25) is 0 Å². The van der Waals surface area contributed by atoms with Crippen molar-refractivity contribution in [3.63, 3.8) is 0 Å². The monoisotopic (exact) mass is 438 g/mol. The second-order valence-electron chi connectivity index (χ2n) is 8.16. The number of nitrogens with zero attached hydrogens (tertiary/aromatic N) is 2. The molecule has 7 nitrogen and oxygen atoms in total. The zero-order chi connectivity index (χ0) is 23.3. The van der Waals surface area contributed by atoms with Crippen molar-refractivity contribution in [2.45, 2.75) is 25.3 Å². The van der Waals surface area contributed by atoms with Crippen LogP contribution in [0.4, 0.5) is 0 Å². The summed E-state index contributed by atoms with van der Waals surface area (Å²) in [5.41, 5.74) is 1.64. The Kier molecular flexibility index (Phi) is 7.53. The minimum Gasteiger partial charge on any atom is -0.504 e. The number of amides is 1. The van der Waals surface area contributed by atoms with Gasteiger partial charge >= 0.3 is 0 Å². The molecule has 0 saturated heterocycles. The Morgan fingerprint density at radius 3 is 2.47 bits per heavy atom. The van der Waals surface area contributed by atoms with Crippen molar-refractivity contribution in [3.8, 4) is 11.5 Å². The lowest BCUT2D eigenvalue weighted by molar-refractivity contribution is -0.129. The smallest absolute Gasteiger partial charge is 0.290 e. The molecule has 1 heterocycles. The van der Waals surface area contributed by atoms with Gasteiger partial charge in [0.1, 0.15) is 0 Å². The maximum absolute atomic E-state index is 13.2. The van der Waals surface area contributed by atoms with Crippen LogP contribution in [0, 0.1) is 0 Å². The number of hydrogen-bond acceptors (Lipinski definition) is 6. The lowest BCUT2D eigenvalue weighted by atomic mass is 9.93. The van der Waals surface area contributed by atoms with E-state index in [0.717, 1.165) is 12.1 Å². The van der Waals surface area contributed by atoms with Gasteiger partial charge in [0, 0.05) is 13.0 Å². The Bertz CT molecular complexity index is 1000. The van der Waals surface area contributed by atoms with Crippen molar-refractivity contribution in [2.75, 3.05) is 34.3 Å². The summed E-state index contributed by atoms with van der Waals surface area (Å²) in [5.74, 6) is -1.15. The fraction of sp³-hybridized carbons (Fsp3) is 0.360. The van der Waals surface area contributed by atoms with E-state index in [4.69, 9.17) is 4.74 Å². The summed E-state index contributed by atoms with van der Waals surface area (Å²) in [5, 5.41) is 21.0. The Labute approximate surface area is 188 Å². The summed E-state index contributed by atoms with van der Waals surface area (Å²) in [4.78, 5) is 29.6. The minimum atomic E-state index is -0.759. The third kappa shape index (κ3) is 5.11. The third-order valence-electron chi connectivity index (χ3n) is 5.61. The van der Waals surface area contributed by atoms with E-state index in [2.05, 4.69) is 0 Å². The molecule has 0 radical (unpaired) electrons. The van der Waals surface area contributed by atoms with Gasteiger partial charge in [0.25, 0.3) is 5.91 Å². The average Bonchev–Trinajstić information content (AvgIpc) is 3.03. The summed E-state index contributed by atoms with van der Waals surface area (Å²) in [6.07, 6.45) is 1.35. The molecule has 7 heteroatoms. The number of carbonyl (C=O) groups excluding carboxylic acids is 2. The number of phenolic OH excluding ortho intramolecular Hbond substituents is 1. The van der Waals surface area contributed by atoms with Gasteiger partial charge in [-0.1, -0.05) is 36.4 Å². The van der Waals surface area contributed by atoms with Crippen LogP contribution in [0.1, 0.15) is 30.0 Å². The van der Waals surface area contributed by atoms with Crippen LogP contribution in [0.5, 0.6) is 11.5 Å². The first-order valence-corrected chi connectivity index (χ1v) is 10.7. The molecule has 170 valence electrons. The lowest BCUT2D eigenvalue weighted by Crippen LogP contribution is -2.33. The molecule has 2 aromatic rings. The second kappa shape index (κ2) is 10.3. The van der Waals surface area contributed by atoms with Crippen LogP contribution >= 0.6 is 0 Å². The van der Waals surface area contributed by atoms with E-state index in [1.165, 1.54) is 18.1 Å². The highest BCUT2D eigenvalue weighted by atomic mass is 16.5. The fourth-order valence-electron chi connectivity index (χ4n) is 3.99. The number of benzene rings is 2. The average molecular weight is 439 g/mol. The minimum absolute atomic E-state index is 0.0837. The van der Waals surface area contributed by atoms with Crippen LogP contribution in [0.15, 0.2) is 59.9 Å². The molecule has 0 spiro atoms. The molecule has 0 bridgehead atoms. The van der Waals surface area contributed by atoms with Crippen LogP contribution in [-0.4, -0.2) is 66.0 Å². The van der Waals surface area contributed by atoms with E-state index >= 15 is 0 Å². The van der Waals surface area contributed by atoms with Crippen molar-refractivity contribution < 1.29 is 24.5 Å².